The average Bonchev–Trinajstić information content (AvgIpc) is 2.68. The summed E-state index contributed by atoms with van der Waals surface area (Å²) in [6, 6.07) is 4.16. The van der Waals surface area contributed by atoms with E-state index in [2.05, 4.69) is 36.7 Å². The average molecular weight is 231 g/mol. The molecule has 2 N–H and O–H groups in total. The van der Waals surface area contributed by atoms with Crippen molar-refractivity contribution in [3.8, 4) is 0 Å². The molecule has 0 bridgehead atoms. The van der Waals surface area contributed by atoms with E-state index >= 15 is 0 Å². The van der Waals surface area contributed by atoms with E-state index in [0.717, 1.165) is 12.3 Å². The van der Waals surface area contributed by atoms with Gasteiger partial charge in [-0.2, -0.15) is 0 Å². The molecule has 1 aromatic heterocycles. The molecule has 14 heavy (non-hydrogen) atoms. The van der Waals surface area contributed by atoms with Crippen molar-refractivity contribution >= 4 is 23.1 Å². The van der Waals surface area contributed by atoms with Crippen molar-refractivity contribution < 1.29 is 5.11 Å². The number of thioether (sulfide) groups is 1. The maximum atomic E-state index is 9.27. The minimum Gasteiger partial charge on any atom is -0.394 e. The van der Waals surface area contributed by atoms with Crippen LogP contribution in [0.25, 0.3) is 0 Å². The summed E-state index contributed by atoms with van der Waals surface area (Å²) in [6.07, 6.45) is 0. The second-order valence-corrected chi connectivity index (χ2v) is 5.69. The summed E-state index contributed by atoms with van der Waals surface area (Å²) in [5.41, 5.74) is -0.163. The summed E-state index contributed by atoms with van der Waals surface area (Å²) in [6.45, 7) is 5.18. The monoisotopic (exact) mass is 231 g/mol. The Labute approximate surface area is 93.7 Å². The fraction of sp³-hybridized carbons (Fsp3) is 0.600. The topological polar surface area (TPSA) is 32.3 Å². The Kier molecular flexibility index (Phi) is 4.95. The third kappa shape index (κ3) is 3.61. The lowest BCUT2D eigenvalue weighted by molar-refractivity contribution is 0.194. The smallest absolute Gasteiger partial charge is 0.0618 e. The van der Waals surface area contributed by atoms with Crippen molar-refractivity contribution in [1.29, 1.82) is 0 Å². The number of aliphatic hydroxyl groups is 1. The Balaban J connectivity index is 2.41. The zero-order valence-electron chi connectivity index (χ0n) is 8.62. The molecule has 1 atom stereocenters. The normalized spacial score (nSPS) is 15.4. The van der Waals surface area contributed by atoms with Gasteiger partial charge < -0.3 is 10.4 Å². The van der Waals surface area contributed by atoms with Crippen LogP contribution in [0.3, 0.4) is 0 Å². The van der Waals surface area contributed by atoms with E-state index in [4.69, 9.17) is 0 Å². The highest BCUT2D eigenvalue weighted by atomic mass is 32.2. The van der Waals surface area contributed by atoms with Crippen molar-refractivity contribution in [3.05, 3.63) is 17.5 Å². The second kappa shape index (κ2) is 5.75. The van der Waals surface area contributed by atoms with Crippen LogP contribution >= 0.6 is 23.1 Å². The Hall–Kier alpha value is -0.0300. The zero-order valence-corrected chi connectivity index (χ0v) is 10.3. The van der Waals surface area contributed by atoms with Gasteiger partial charge in [-0.25, -0.2) is 0 Å². The first-order valence-electron chi connectivity index (χ1n) is 4.72. The summed E-state index contributed by atoms with van der Waals surface area (Å²) >= 11 is 3.54. The summed E-state index contributed by atoms with van der Waals surface area (Å²) in [4.78, 5) is 0. The first-order chi connectivity index (χ1) is 6.70. The highest BCUT2D eigenvalue weighted by Crippen LogP contribution is 2.26. The van der Waals surface area contributed by atoms with Crippen LogP contribution in [0, 0.1) is 0 Å². The molecule has 80 valence electrons. The van der Waals surface area contributed by atoms with Crippen LogP contribution in [-0.2, 0) is 0 Å². The van der Waals surface area contributed by atoms with Crippen LogP contribution in [0.1, 0.15) is 13.8 Å². The molecule has 0 radical (unpaired) electrons. The second-order valence-electron chi connectivity index (χ2n) is 3.47. The minimum atomic E-state index is -0.163. The Morgan fingerprint density at radius 1 is 1.64 bits per heavy atom. The predicted molar refractivity (Wildman–Crippen MR) is 64.2 cm³/mol. The quantitative estimate of drug-likeness (QED) is 0.736. The molecule has 0 aromatic carbocycles. The number of nitrogens with one attached hydrogen (secondary N) is 1. The van der Waals surface area contributed by atoms with Crippen LogP contribution in [0.4, 0.5) is 0 Å². The van der Waals surface area contributed by atoms with Crippen LogP contribution in [-0.4, -0.2) is 29.5 Å². The molecular formula is C10H17NOS2. The van der Waals surface area contributed by atoms with Gasteiger partial charge in [0.15, 0.2) is 0 Å². The molecule has 0 amide bonds. The van der Waals surface area contributed by atoms with E-state index in [9.17, 15) is 5.11 Å². The number of rotatable bonds is 6. The van der Waals surface area contributed by atoms with E-state index in [1.807, 2.05) is 0 Å². The van der Waals surface area contributed by atoms with Gasteiger partial charge in [-0.3, -0.25) is 0 Å². The molecule has 0 aliphatic rings. The van der Waals surface area contributed by atoms with Gasteiger partial charge in [-0.15, -0.1) is 23.1 Å². The fourth-order valence-electron chi connectivity index (χ4n) is 1.16. The van der Waals surface area contributed by atoms with Gasteiger partial charge in [0.25, 0.3) is 0 Å². The Morgan fingerprint density at radius 3 is 2.93 bits per heavy atom. The van der Waals surface area contributed by atoms with Gasteiger partial charge >= 0.3 is 0 Å². The molecule has 0 aliphatic heterocycles. The molecule has 1 rings (SSSR count). The highest BCUT2D eigenvalue weighted by molar-refractivity contribution is 8.01. The molecule has 0 aliphatic carbocycles. The number of hydrogen-bond donors (Lipinski definition) is 2. The number of hydrogen-bond acceptors (Lipinski definition) is 4. The van der Waals surface area contributed by atoms with E-state index in [-0.39, 0.29) is 12.1 Å². The summed E-state index contributed by atoms with van der Waals surface area (Å²) in [5, 5.41) is 14.7. The third-order valence-corrected chi connectivity index (χ3v) is 4.49. The van der Waals surface area contributed by atoms with E-state index in [0.29, 0.717) is 0 Å². The molecule has 1 unspecified atom stereocenters. The SMILES string of the molecule is CCNC(C)(CO)CSc1cccs1. The molecular weight excluding hydrogens is 214 g/mol. The summed E-state index contributed by atoms with van der Waals surface area (Å²) in [5.74, 6) is 0.901. The lowest BCUT2D eigenvalue weighted by atomic mass is 10.1. The van der Waals surface area contributed by atoms with Gasteiger partial charge in [0.2, 0.25) is 0 Å². The highest BCUT2D eigenvalue weighted by Gasteiger charge is 2.21. The van der Waals surface area contributed by atoms with Gasteiger partial charge in [0.05, 0.1) is 10.8 Å². The molecule has 4 heteroatoms. The van der Waals surface area contributed by atoms with Crippen LogP contribution in [0.2, 0.25) is 0 Å². The fourth-order valence-corrected chi connectivity index (χ4v) is 3.05. The molecule has 0 fully saturated rings. The first kappa shape index (κ1) is 12.0. The van der Waals surface area contributed by atoms with Crippen molar-refractivity contribution in [3.63, 3.8) is 0 Å². The maximum absolute atomic E-state index is 9.27. The molecule has 0 saturated carbocycles. The number of likely N-dealkylation sites (N-methyl/N-ethyl adjacent to an activating group) is 1. The maximum Gasteiger partial charge on any atom is 0.0618 e. The van der Waals surface area contributed by atoms with E-state index in [1.54, 1.807) is 23.1 Å². The van der Waals surface area contributed by atoms with Crippen molar-refractivity contribution in [2.75, 3.05) is 18.9 Å². The van der Waals surface area contributed by atoms with E-state index in [1.165, 1.54) is 4.21 Å². The zero-order chi connectivity index (χ0) is 10.4. The van der Waals surface area contributed by atoms with Gasteiger partial charge in [0.1, 0.15) is 0 Å². The Bertz CT molecular complexity index is 251. The molecule has 0 saturated heterocycles. The summed E-state index contributed by atoms with van der Waals surface area (Å²) in [7, 11) is 0. The molecule has 2 nitrogen and oxygen atoms in total. The molecule has 1 aromatic rings. The van der Waals surface area contributed by atoms with Crippen molar-refractivity contribution in [2.45, 2.75) is 23.6 Å². The third-order valence-electron chi connectivity index (χ3n) is 1.98. The van der Waals surface area contributed by atoms with Crippen molar-refractivity contribution in [2.24, 2.45) is 0 Å². The van der Waals surface area contributed by atoms with Gasteiger partial charge in [-0.1, -0.05) is 13.0 Å². The van der Waals surface area contributed by atoms with Crippen LogP contribution in [0.15, 0.2) is 21.7 Å². The van der Waals surface area contributed by atoms with Gasteiger partial charge in [0, 0.05) is 11.3 Å². The minimum absolute atomic E-state index is 0.163. The van der Waals surface area contributed by atoms with Crippen LogP contribution in [0.5, 0.6) is 0 Å². The lowest BCUT2D eigenvalue weighted by Gasteiger charge is -2.27. The van der Waals surface area contributed by atoms with Crippen molar-refractivity contribution in [1.82, 2.24) is 5.32 Å². The largest absolute Gasteiger partial charge is 0.394 e. The number of thiophene rings is 1. The van der Waals surface area contributed by atoms with Crippen LogP contribution < -0.4 is 5.32 Å². The van der Waals surface area contributed by atoms with E-state index < -0.39 is 0 Å². The summed E-state index contributed by atoms with van der Waals surface area (Å²) < 4.78 is 1.31. The van der Waals surface area contributed by atoms with Gasteiger partial charge in [-0.05, 0) is 24.9 Å². The predicted octanol–water partition coefficient (Wildman–Crippen LogP) is 2.20. The molecule has 1 heterocycles. The number of aliphatic hydroxyl groups excluding tert-OH is 1. The first-order valence-corrected chi connectivity index (χ1v) is 6.59. The standard InChI is InChI=1S/C10H17NOS2/c1-3-11-10(2,7-12)8-14-9-5-4-6-13-9/h4-6,11-12H,3,7-8H2,1-2H3. The lowest BCUT2D eigenvalue weighted by Crippen LogP contribution is -2.47. The molecule has 0 spiro atoms. The Morgan fingerprint density at radius 2 is 2.43 bits per heavy atom.